The first-order chi connectivity index (χ1) is 12.1. The molecule has 3 rings (SSSR count). The van der Waals surface area contributed by atoms with Gasteiger partial charge in [-0.25, -0.2) is 9.18 Å². The zero-order chi connectivity index (χ0) is 17.6. The van der Waals surface area contributed by atoms with E-state index in [1.54, 1.807) is 23.5 Å². The van der Waals surface area contributed by atoms with Crippen molar-refractivity contribution >= 4 is 28.7 Å². The number of aliphatic hydroxyl groups excluding tert-OH is 1. The average molecular weight is 376 g/mol. The number of carbonyl (C=O) groups excluding carboxylic acids is 1. The fourth-order valence-electron chi connectivity index (χ4n) is 2.22. The molecule has 130 valence electrons. The molecule has 0 aliphatic carbocycles. The third-order valence-corrected chi connectivity index (χ3v) is 5.79. The number of benzene rings is 1. The highest BCUT2D eigenvalue weighted by Gasteiger charge is 2.13. The minimum atomic E-state index is -0.754. The Balaban J connectivity index is 1.46. The maximum atomic E-state index is 12.8. The molecule has 0 unspecified atom stereocenters. The van der Waals surface area contributed by atoms with E-state index in [1.807, 2.05) is 29.6 Å². The summed E-state index contributed by atoms with van der Waals surface area (Å²) in [5.41, 5.74) is 0.802. The molecule has 7 heteroatoms. The largest absolute Gasteiger partial charge is 0.386 e. The van der Waals surface area contributed by atoms with Crippen molar-refractivity contribution in [2.24, 2.45) is 0 Å². The minimum Gasteiger partial charge on any atom is -0.386 e. The molecular weight excluding hydrogens is 359 g/mol. The molecule has 0 fully saturated rings. The number of thiophene rings is 2. The van der Waals surface area contributed by atoms with Crippen molar-refractivity contribution in [3.05, 3.63) is 70.2 Å². The Morgan fingerprint density at radius 1 is 1.08 bits per heavy atom. The van der Waals surface area contributed by atoms with Gasteiger partial charge in [0, 0.05) is 21.2 Å². The molecule has 3 N–H and O–H groups in total. The summed E-state index contributed by atoms with van der Waals surface area (Å²) in [5.74, 6) is -0.311. The molecule has 25 heavy (non-hydrogen) atoms. The first-order valence-electron chi connectivity index (χ1n) is 7.69. The molecule has 0 saturated heterocycles. The highest BCUT2D eigenvalue weighted by Crippen LogP contribution is 2.33. The summed E-state index contributed by atoms with van der Waals surface area (Å²) in [5, 5.41) is 17.6. The van der Waals surface area contributed by atoms with Crippen LogP contribution in [0, 0.1) is 5.82 Å². The first-order valence-corrected chi connectivity index (χ1v) is 9.39. The Kier molecular flexibility index (Phi) is 5.80. The Morgan fingerprint density at radius 2 is 1.88 bits per heavy atom. The quantitative estimate of drug-likeness (QED) is 0.605. The molecule has 0 aliphatic heterocycles. The summed E-state index contributed by atoms with van der Waals surface area (Å²) in [6.45, 7) is 0.420. The van der Waals surface area contributed by atoms with Crippen LogP contribution in [0.4, 0.5) is 9.18 Å². The number of hydrogen-bond donors (Lipinski definition) is 3. The van der Waals surface area contributed by atoms with Crippen molar-refractivity contribution in [3.63, 3.8) is 0 Å². The van der Waals surface area contributed by atoms with E-state index in [1.165, 1.54) is 23.5 Å². The van der Waals surface area contributed by atoms with Gasteiger partial charge >= 0.3 is 6.03 Å². The molecule has 0 spiro atoms. The molecule has 2 heterocycles. The average Bonchev–Trinajstić information content (AvgIpc) is 3.30. The van der Waals surface area contributed by atoms with Gasteiger partial charge in [-0.15, -0.1) is 22.7 Å². The van der Waals surface area contributed by atoms with Crippen LogP contribution in [0.2, 0.25) is 0 Å². The van der Waals surface area contributed by atoms with Gasteiger partial charge < -0.3 is 15.7 Å². The maximum absolute atomic E-state index is 12.8. The van der Waals surface area contributed by atoms with Gasteiger partial charge in [0.2, 0.25) is 0 Å². The van der Waals surface area contributed by atoms with Crippen LogP contribution >= 0.6 is 22.7 Å². The summed E-state index contributed by atoms with van der Waals surface area (Å²) < 4.78 is 12.8. The minimum absolute atomic E-state index is 0.125. The lowest BCUT2D eigenvalue weighted by atomic mass is 10.2. The number of hydrogen-bond acceptors (Lipinski definition) is 4. The second-order valence-corrected chi connectivity index (χ2v) is 7.45. The highest BCUT2D eigenvalue weighted by molar-refractivity contribution is 7.21. The summed E-state index contributed by atoms with van der Waals surface area (Å²) in [7, 11) is 0. The summed E-state index contributed by atoms with van der Waals surface area (Å²) in [6, 6.07) is 13.4. The lowest BCUT2D eigenvalue weighted by molar-refractivity contribution is 0.176. The maximum Gasteiger partial charge on any atom is 0.315 e. The van der Waals surface area contributed by atoms with E-state index >= 15 is 0 Å². The fourth-order valence-corrected chi connectivity index (χ4v) is 4.05. The summed E-state index contributed by atoms with van der Waals surface area (Å²) in [4.78, 5) is 14.9. The van der Waals surface area contributed by atoms with Crippen LogP contribution in [-0.2, 0) is 6.54 Å². The smallest absolute Gasteiger partial charge is 0.315 e. The predicted molar refractivity (Wildman–Crippen MR) is 99.2 cm³/mol. The van der Waals surface area contributed by atoms with Gasteiger partial charge in [0.1, 0.15) is 11.9 Å². The third kappa shape index (κ3) is 4.88. The van der Waals surface area contributed by atoms with Crippen LogP contribution in [0.3, 0.4) is 0 Å². The zero-order valence-electron chi connectivity index (χ0n) is 13.2. The van der Waals surface area contributed by atoms with Crippen molar-refractivity contribution in [1.82, 2.24) is 10.6 Å². The fraction of sp³-hybridized carbons (Fsp3) is 0.167. The summed E-state index contributed by atoms with van der Waals surface area (Å²) in [6.07, 6.45) is -0.754. The summed E-state index contributed by atoms with van der Waals surface area (Å²) >= 11 is 3.17. The zero-order valence-corrected chi connectivity index (χ0v) is 14.9. The number of carbonyl (C=O) groups is 1. The van der Waals surface area contributed by atoms with Crippen LogP contribution in [-0.4, -0.2) is 17.7 Å². The van der Waals surface area contributed by atoms with Crippen LogP contribution in [0.5, 0.6) is 0 Å². The second kappa shape index (κ2) is 8.24. The molecule has 0 aliphatic rings. The Hall–Kier alpha value is -2.22. The van der Waals surface area contributed by atoms with Crippen molar-refractivity contribution in [1.29, 1.82) is 0 Å². The van der Waals surface area contributed by atoms with Gasteiger partial charge in [0.25, 0.3) is 0 Å². The van der Waals surface area contributed by atoms with Gasteiger partial charge in [0.15, 0.2) is 0 Å². The lowest BCUT2D eigenvalue weighted by Gasteiger charge is -2.11. The number of rotatable bonds is 6. The van der Waals surface area contributed by atoms with E-state index in [0.29, 0.717) is 6.54 Å². The molecule has 1 atom stereocenters. The first kappa shape index (κ1) is 17.6. The van der Waals surface area contributed by atoms with Gasteiger partial charge in [-0.1, -0.05) is 18.2 Å². The highest BCUT2D eigenvalue weighted by atomic mass is 32.1. The molecule has 1 aromatic carbocycles. The molecule has 0 radical (unpaired) electrons. The van der Waals surface area contributed by atoms with Crippen molar-refractivity contribution in [2.45, 2.75) is 12.6 Å². The van der Waals surface area contributed by atoms with E-state index in [2.05, 4.69) is 10.6 Å². The van der Waals surface area contributed by atoms with Crippen molar-refractivity contribution in [2.75, 3.05) is 6.54 Å². The monoisotopic (exact) mass is 376 g/mol. The molecule has 0 saturated carbocycles. The van der Waals surface area contributed by atoms with Gasteiger partial charge in [-0.05, 0) is 41.3 Å². The number of amides is 2. The second-order valence-electron chi connectivity index (χ2n) is 5.39. The SMILES string of the molecule is O=C(NCc1ccc(F)cc1)NC[C@@H](O)c1ccc(-c2cccs2)s1. The van der Waals surface area contributed by atoms with Crippen molar-refractivity contribution in [3.8, 4) is 9.75 Å². The van der Waals surface area contributed by atoms with E-state index in [9.17, 15) is 14.3 Å². The van der Waals surface area contributed by atoms with Gasteiger partial charge in [-0.2, -0.15) is 0 Å². The van der Waals surface area contributed by atoms with Crippen LogP contribution in [0.1, 0.15) is 16.5 Å². The van der Waals surface area contributed by atoms with Crippen LogP contribution < -0.4 is 10.6 Å². The van der Waals surface area contributed by atoms with Gasteiger partial charge in [0.05, 0.1) is 6.54 Å². The van der Waals surface area contributed by atoms with Crippen LogP contribution in [0.15, 0.2) is 53.9 Å². The Morgan fingerprint density at radius 3 is 2.60 bits per heavy atom. The number of nitrogens with one attached hydrogen (secondary N) is 2. The number of aliphatic hydroxyl groups is 1. The molecule has 2 aromatic heterocycles. The molecule has 3 aromatic rings. The Bertz CT molecular complexity index is 816. The molecule has 0 bridgehead atoms. The van der Waals surface area contributed by atoms with E-state index in [-0.39, 0.29) is 18.4 Å². The number of urea groups is 1. The van der Waals surface area contributed by atoms with Crippen LogP contribution in [0.25, 0.3) is 9.75 Å². The lowest BCUT2D eigenvalue weighted by Crippen LogP contribution is -2.37. The molecular formula is C18H17FN2O2S2. The predicted octanol–water partition coefficient (Wildman–Crippen LogP) is 4.15. The van der Waals surface area contributed by atoms with Crippen molar-refractivity contribution < 1.29 is 14.3 Å². The van der Waals surface area contributed by atoms with E-state index < -0.39 is 6.10 Å². The van der Waals surface area contributed by atoms with Gasteiger partial charge in [-0.3, -0.25) is 0 Å². The standard InChI is InChI=1S/C18H17FN2O2S2/c19-13-5-3-12(4-6-13)10-20-18(23)21-11-14(22)15-7-8-17(25-15)16-2-1-9-24-16/h1-9,14,22H,10-11H2,(H2,20,21,23)/t14-/m1/s1. The topological polar surface area (TPSA) is 61.4 Å². The molecule has 4 nitrogen and oxygen atoms in total. The third-order valence-electron chi connectivity index (χ3n) is 3.54. The molecule has 2 amide bonds. The van der Waals surface area contributed by atoms with E-state index in [4.69, 9.17) is 0 Å². The normalized spacial score (nSPS) is 11.9. The number of halogens is 1. The Labute approximate surface area is 153 Å². The van der Waals surface area contributed by atoms with E-state index in [0.717, 1.165) is 20.2 Å².